The molecule has 0 saturated heterocycles. The molecule has 0 aliphatic rings. The van der Waals surface area contributed by atoms with E-state index < -0.39 is 24.0 Å². The molecule has 0 fully saturated rings. The van der Waals surface area contributed by atoms with Gasteiger partial charge in [-0.2, -0.15) is 23.0 Å². The van der Waals surface area contributed by atoms with Gasteiger partial charge in [-0.25, -0.2) is 9.97 Å². The first kappa shape index (κ1) is 14.7. The lowest BCUT2D eigenvalue weighted by atomic mass is 10.2. The Bertz CT molecular complexity index is 634. The van der Waals surface area contributed by atoms with E-state index in [-0.39, 0.29) is 11.1 Å². The second-order valence-corrected chi connectivity index (χ2v) is 4.49. The summed E-state index contributed by atoms with van der Waals surface area (Å²) in [5.74, 6) is -0.0716. The van der Waals surface area contributed by atoms with Gasteiger partial charge in [0.1, 0.15) is 5.15 Å². The Morgan fingerprint density at radius 2 is 1.80 bits per heavy atom. The Morgan fingerprint density at radius 1 is 1.25 bits per heavy atom. The molecule has 0 radical (unpaired) electrons. The van der Waals surface area contributed by atoms with Gasteiger partial charge in [-0.15, -0.1) is 0 Å². The SMILES string of the molecule is Cc1cc(C)nc(-n2nc(C(F)(F)F)c(CO)c2Cl)n1. The first-order valence-corrected chi connectivity index (χ1v) is 5.90. The van der Waals surface area contributed by atoms with Crippen molar-refractivity contribution in [2.24, 2.45) is 0 Å². The van der Waals surface area contributed by atoms with E-state index in [0.717, 1.165) is 4.68 Å². The van der Waals surface area contributed by atoms with Crippen LogP contribution < -0.4 is 0 Å². The number of alkyl halides is 3. The highest BCUT2D eigenvalue weighted by Crippen LogP contribution is 2.35. The summed E-state index contributed by atoms with van der Waals surface area (Å²) < 4.78 is 39.2. The second kappa shape index (κ2) is 5.02. The predicted molar refractivity (Wildman–Crippen MR) is 64.6 cm³/mol. The Labute approximate surface area is 117 Å². The maximum atomic E-state index is 12.8. The molecule has 5 nitrogen and oxygen atoms in total. The molecule has 0 saturated carbocycles. The molecule has 2 heterocycles. The van der Waals surface area contributed by atoms with Crippen LogP contribution in [0.15, 0.2) is 6.07 Å². The molecular formula is C11H10ClF3N4O. The number of aromatic nitrogens is 4. The topological polar surface area (TPSA) is 63.8 Å². The molecule has 2 aromatic rings. The average molecular weight is 307 g/mol. The average Bonchev–Trinajstić information content (AvgIpc) is 2.64. The predicted octanol–water partition coefficient (Wildman–Crippen LogP) is 2.44. The number of rotatable bonds is 2. The van der Waals surface area contributed by atoms with Crippen LogP contribution in [0.3, 0.4) is 0 Å². The first-order valence-electron chi connectivity index (χ1n) is 5.52. The lowest BCUT2D eigenvalue weighted by Crippen LogP contribution is -2.10. The van der Waals surface area contributed by atoms with Gasteiger partial charge < -0.3 is 5.11 Å². The van der Waals surface area contributed by atoms with Crippen LogP contribution in [-0.2, 0) is 12.8 Å². The van der Waals surface area contributed by atoms with Crippen molar-refractivity contribution in [1.29, 1.82) is 0 Å². The van der Waals surface area contributed by atoms with Crippen molar-refractivity contribution < 1.29 is 18.3 Å². The summed E-state index contributed by atoms with van der Waals surface area (Å²) in [6.45, 7) is 2.47. The molecule has 108 valence electrons. The normalized spacial score (nSPS) is 11.9. The summed E-state index contributed by atoms with van der Waals surface area (Å²) in [5, 5.41) is 12.1. The van der Waals surface area contributed by atoms with Crippen molar-refractivity contribution in [2.45, 2.75) is 26.6 Å². The monoisotopic (exact) mass is 306 g/mol. The standard InChI is InChI=1S/C11H10ClF3N4O/c1-5-3-6(2)17-10(16-5)19-9(12)7(4-20)8(18-19)11(13,14)15/h3,20H,4H2,1-2H3. The molecule has 0 spiro atoms. The number of aliphatic hydroxyl groups excluding tert-OH is 1. The fourth-order valence-electron chi connectivity index (χ4n) is 1.73. The summed E-state index contributed by atoms with van der Waals surface area (Å²) in [7, 11) is 0. The Hall–Kier alpha value is -1.67. The third kappa shape index (κ3) is 2.61. The van der Waals surface area contributed by atoms with E-state index in [1.54, 1.807) is 19.9 Å². The highest BCUT2D eigenvalue weighted by atomic mass is 35.5. The van der Waals surface area contributed by atoms with Crippen LogP contribution in [0, 0.1) is 13.8 Å². The molecule has 9 heteroatoms. The zero-order chi connectivity index (χ0) is 15.1. The molecule has 0 aromatic carbocycles. The zero-order valence-electron chi connectivity index (χ0n) is 10.5. The van der Waals surface area contributed by atoms with Crippen LogP contribution in [0.1, 0.15) is 22.6 Å². The van der Waals surface area contributed by atoms with E-state index in [4.69, 9.17) is 16.7 Å². The van der Waals surface area contributed by atoms with Crippen LogP contribution in [-0.4, -0.2) is 24.9 Å². The smallest absolute Gasteiger partial charge is 0.391 e. The van der Waals surface area contributed by atoms with Gasteiger partial charge in [0, 0.05) is 17.0 Å². The number of halogens is 4. The van der Waals surface area contributed by atoms with Crippen LogP contribution >= 0.6 is 11.6 Å². The second-order valence-electron chi connectivity index (χ2n) is 4.14. The van der Waals surface area contributed by atoms with Gasteiger partial charge in [0.15, 0.2) is 5.69 Å². The Balaban J connectivity index is 2.66. The number of hydrogen-bond acceptors (Lipinski definition) is 4. The van der Waals surface area contributed by atoms with Crippen LogP contribution in [0.5, 0.6) is 0 Å². The van der Waals surface area contributed by atoms with Gasteiger partial charge in [-0.1, -0.05) is 11.6 Å². The first-order chi connectivity index (χ1) is 9.24. The van der Waals surface area contributed by atoms with Gasteiger partial charge in [0.25, 0.3) is 5.95 Å². The van der Waals surface area contributed by atoms with Gasteiger partial charge in [0.2, 0.25) is 0 Å². The minimum Gasteiger partial charge on any atom is -0.391 e. The van der Waals surface area contributed by atoms with E-state index in [1.807, 2.05) is 0 Å². The third-order valence-corrected chi connectivity index (χ3v) is 2.90. The Kier molecular flexibility index (Phi) is 3.70. The van der Waals surface area contributed by atoms with Gasteiger partial charge in [-0.05, 0) is 19.9 Å². The maximum absolute atomic E-state index is 12.8. The zero-order valence-corrected chi connectivity index (χ0v) is 11.3. The number of nitrogens with zero attached hydrogens (tertiary/aromatic N) is 4. The van der Waals surface area contributed by atoms with E-state index in [0.29, 0.717) is 11.4 Å². The molecule has 0 atom stereocenters. The number of aliphatic hydroxyl groups is 1. The molecule has 0 unspecified atom stereocenters. The molecule has 0 amide bonds. The van der Waals surface area contributed by atoms with Crippen molar-refractivity contribution in [3.05, 3.63) is 33.9 Å². The van der Waals surface area contributed by atoms with Crippen LogP contribution in [0.25, 0.3) is 5.95 Å². The minimum absolute atomic E-state index is 0.0716. The van der Waals surface area contributed by atoms with E-state index in [1.165, 1.54) is 0 Å². The van der Waals surface area contributed by atoms with Crippen LogP contribution in [0.4, 0.5) is 13.2 Å². The van der Waals surface area contributed by atoms with Crippen molar-refractivity contribution in [2.75, 3.05) is 0 Å². The summed E-state index contributed by atoms with van der Waals surface area (Å²) in [6, 6.07) is 1.67. The molecule has 1 N–H and O–H groups in total. The summed E-state index contributed by atoms with van der Waals surface area (Å²) >= 11 is 5.84. The summed E-state index contributed by atoms with van der Waals surface area (Å²) in [5.41, 5.74) is -0.606. The lowest BCUT2D eigenvalue weighted by molar-refractivity contribution is -0.142. The molecule has 0 bridgehead atoms. The van der Waals surface area contributed by atoms with Gasteiger partial charge in [-0.3, -0.25) is 0 Å². The van der Waals surface area contributed by atoms with E-state index in [2.05, 4.69) is 15.1 Å². The lowest BCUT2D eigenvalue weighted by Gasteiger charge is -2.04. The molecule has 0 aliphatic heterocycles. The highest BCUT2D eigenvalue weighted by Gasteiger charge is 2.39. The molecular weight excluding hydrogens is 297 g/mol. The van der Waals surface area contributed by atoms with Crippen molar-refractivity contribution in [1.82, 2.24) is 19.7 Å². The largest absolute Gasteiger partial charge is 0.435 e. The third-order valence-electron chi connectivity index (χ3n) is 2.51. The number of hydrogen-bond donors (Lipinski definition) is 1. The quantitative estimate of drug-likeness (QED) is 0.925. The van der Waals surface area contributed by atoms with Gasteiger partial charge in [0.05, 0.1) is 6.61 Å². The highest BCUT2D eigenvalue weighted by molar-refractivity contribution is 6.30. The molecule has 20 heavy (non-hydrogen) atoms. The fourth-order valence-corrected chi connectivity index (χ4v) is 1.99. The summed E-state index contributed by atoms with van der Waals surface area (Å²) in [4.78, 5) is 7.98. The maximum Gasteiger partial charge on any atom is 0.435 e. The fraction of sp³-hybridized carbons (Fsp3) is 0.364. The van der Waals surface area contributed by atoms with Crippen LogP contribution in [0.2, 0.25) is 5.15 Å². The van der Waals surface area contributed by atoms with Crippen molar-refractivity contribution in [3.8, 4) is 5.95 Å². The molecule has 2 rings (SSSR count). The van der Waals surface area contributed by atoms with Crippen molar-refractivity contribution in [3.63, 3.8) is 0 Å². The molecule has 0 aliphatic carbocycles. The minimum atomic E-state index is -4.72. The van der Waals surface area contributed by atoms with E-state index >= 15 is 0 Å². The number of aryl methyl sites for hydroxylation is 2. The van der Waals surface area contributed by atoms with Gasteiger partial charge >= 0.3 is 6.18 Å². The Morgan fingerprint density at radius 3 is 2.20 bits per heavy atom. The van der Waals surface area contributed by atoms with E-state index in [9.17, 15) is 13.2 Å². The summed E-state index contributed by atoms with van der Waals surface area (Å²) in [6.07, 6.45) is -4.72. The van der Waals surface area contributed by atoms with Crippen molar-refractivity contribution >= 4 is 11.6 Å². The molecule has 2 aromatic heterocycles.